The summed E-state index contributed by atoms with van der Waals surface area (Å²) in [6, 6.07) is 8.39. The third kappa shape index (κ3) is 4.78. The smallest absolute Gasteiger partial charge is 0.258 e. The maximum Gasteiger partial charge on any atom is 0.258 e. The summed E-state index contributed by atoms with van der Waals surface area (Å²) in [5.74, 6) is 1.74. The molecule has 2 N–H and O–H groups in total. The van der Waals surface area contributed by atoms with E-state index in [9.17, 15) is 4.79 Å². The number of likely N-dealkylation sites (tertiary alicyclic amines) is 1. The summed E-state index contributed by atoms with van der Waals surface area (Å²) in [5.41, 5.74) is 1.83. The first-order valence-electron chi connectivity index (χ1n) is 10.6. The van der Waals surface area contributed by atoms with Crippen LogP contribution in [-0.4, -0.2) is 56.1 Å². The summed E-state index contributed by atoms with van der Waals surface area (Å²) in [4.78, 5) is 18.6. The Hall–Kier alpha value is -2.24. The van der Waals surface area contributed by atoms with Gasteiger partial charge in [-0.2, -0.15) is 0 Å². The molecule has 1 aromatic rings. The number of ether oxygens (including phenoxy) is 1. The number of guanidine groups is 1. The number of hydrogen-bond acceptors (Lipinski definition) is 3. The zero-order valence-electron chi connectivity index (χ0n) is 16.9. The third-order valence-corrected chi connectivity index (χ3v) is 6.30. The molecule has 4 rings (SSSR count). The van der Waals surface area contributed by atoms with Gasteiger partial charge in [-0.05, 0) is 61.6 Å². The number of nitrogens with zero attached hydrogens (tertiary/aromatic N) is 2. The van der Waals surface area contributed by atoms with Crippen LogP contribution in [0.3, 0.4) is 0 Å². The maximum atomic E-state index is 11.7. The van der Waals surface area contributed by atoms with Gasteiger partial charge in [-0.1, -0.05) is 18.6 Å². The monoisotopic (exact) mass is 384 g/mol. The molecule has 1 spiro atoms. The van der Waals surface area contributed by atoms with E-state index in [0.29, 0.717) is 11.5 Å². The molecule has 6 heteroatoms. The van der Waals surface area contributed by atoms with Crippen molar-refractivity contribution < 1.29 is 9.53 Å². The van der Waals surface area contributed by atoms with Crippen LogP contribution in [0.5, 0.6) is 5.75 Å². The summed E-state index contributed by atoms with van der Waals surface area (Å²) < 4.78 is 5.56. The van der Waals surface area contributed by atoms with Gasteiger partial charge in [-0.25, -0.2) is 0 Å². The van der Waals surface area contributed by atoms with Crippen molar-refractivity contribution in [1.29, 1.82) is 0 Å². The van der Waals surface area contributed by atoms with E-state index in [2.05, 4.69) is 32.7 Å². The zero-order valence-corrected chi connectivity index (χ0v) is 16.9. The Morgan fingerprint density at radius 1 is 1.25 bits per heavy atom. The summed E-state index contributed by atoms with van der Waals surface area (Å²) in [6.45, 7) is 3.23. The Balaban J connectivity index is 1.17. The average Bonchev–Trinajstić information content (AvgIpc) is 3.37. The van der Waals surface area contributed by atoms with E-state index in [1.54, 1.807) is 0 Å². The average molecular weight is 385 g/mol. The fourth-order valence-electron chi connectivity index (χ4n) is 4.25. The molecule has 3 aliphatic rings. The molecule has 1 heterocycles. The molecular weight excluding hydrogens is 352 g/mol. The molecule has 1 saturated heterocycles. The number of carbonyl (C=O) groups excluding carboxylic acids is 1. The minimum absolute atomic E-state index is 0.0345. The van der Waals surface area contributed by atoms with E-state index >= 15 is 0 Å². The molecule has 0 aromatic heterocycles. The molecule has 1 amide bonds. The molecule has 152 valence electrons. The number of rotatable bonds is 7. The van der Waals surface area contributed by atoms with E-state index in [1.807, 2.05) is 19.2 Å². The van der Waals surface area contributed by atoms with Gasteiger partial charge in [-0.15, -0.1) is 0 Å². The zero-order chi connectivity index (χ0) is 19.4. The van der Waals surface area contributed by atoms with Gasteiger partial charge >= 0.3 is 0 Å². The number of hydrogen-bond donors (Lipinski definition) is 2. The first-order chi connectivity index (χ1) is 13.7. The number of amides is 1. The van der Waals surface area contributed by atoms with Crippen molar-refractivity contribution in [2.24, 2.45) is 10.4 Å². The Kier molecular flexibility index (Phi) is 5.74. The van der Waals surface area contributed by atoms with Crippen molar-refractivity contribution in [3.8, 4) is 5.75 Å². The van der Waals surface area contributed by atoms with Crippen LogP contribution >= 0.6 is 0 Å². The SMILES string of the molecule is CN=C(NCCc1ccc(OCC(=O)NC2CC2)cc1)N1CCC2(CCC2)C1. The van der Waals surface area contributed by atoms with E-state index in [0.717, 1.165) is 50.6 Å². The van der Waals surface area contributed by atoms with E-state index in [1.165, 1.54) is 31.2 Å². The molecule has 6 nitrogen and oxygen atoms in total. The van der Waals surface area contributed by atoms with E-state index in [4.69, 9.17) is 4.74 Å². The first kappa shape index (κ1) is 19.1. The van der Waals surface area contributed by atoms with Gasteiger partial charge in [0.05, 0.1) is 0 Å². The van der Waals surface area contributed by atoms with Crippen molar-refractivity contribution in [2.45, 2.75) is 51.0 Å². The molecule has 0 radical (unpaired) electrons. The lowest BCUT2D eigenvalue weighted by atomic mass is 9.68. The molecule has 3 fully saturated rings. The molecule has 1 aliphatic heterocycles. The summed E-state index contributed by atoms with van der Waals surface area (Å²) in [7, 11) is 1.87. The Morgan fingerprint density at radius 2 is 2.04 bits per heavy atom. The molecule has 0 bridgehead atoms. The molecule has 2 saturated carbocycles. The molecular formula is C22H32N4O2. The quantitative estimate of drug-likeness (QED) is 0.559. The highest BCUT2D eigenvalue weighted by Crippen LogP contribution is 2.47. The topological polar surface area (TPSA) is 66.0 Å². The molecule has 28 heavy (non-hydrogen) atoms. The second kappa shape index (κ2) is 8.41. The highest BCUT2D eigenvalue weighted by Gasteiger charge is 2.43. The van der Waals surface area contributed by atoms with Crippen molar-refractivity contribution in [2.75, 3.05) is 33.3 Å². The van der Waals surface area contributed by atoms with Crippen LogP contribution in [0, 0.1) is 5.41 Å². The summed E-state index contributed by atoms with van der Waals surface area (Å²) in [5, 5.41) is 6.44. The van der Waals surface area contributed by atoms with Crippen LogP contribution in [0.1, 0.15) is 44.1 Å². The molecule has 0 atom stereocenters. The van der Waals surface area contributed by atoms with Crippen molar-refractivity contribution in [1.82, 2.24) is 15.5 Å². The lowest BCUT2D eigenvalue weighted by Gasteiger charge is -2.38. The Morgan fingerprint density at radius 3 is 2.64 bits per heavy atom. The second-order valence-corrected chi connectivity index (χ2v) is 8.52. The molecule has 1 aromatic carbocycles. The molecule has 2 aliphatic carbocycles. The summed E-state index contributed by atoms with van der Waals surface area (Å²) in [6.07, 6.45) is 8.60. The predicted molar refractivity (Wildman–Crippen MR) is 111 cm³/mol. The van der Waals surface area contributed by atoms with Gasteiger partial charge in [-0.3, -0.25) is 9.79 Å². The standard InChI is InChI=1S/C22H32N4O2/c1-23-21(26-14-12-22(16-26)10-2-11-22)24-13-9-17-3-7-19(8-4-17)28-15-20(27)25-18-5-6-18/h3-4,7-8,18H,2,5-6,9-16H2,1H3,(H,23,24)(H,25,27). The minimum atomic E-state index is -0.0345. The van der Waals surface area contributed by atoms with Crippen LogP contribution in [0.2, 0.25) is 0 Å². The van der Waals surface area contributed by atoms with Gasteiger partial charge in [0.15, 0.2) is 12.6 Å². The van der Waals surface area contributed by atoms with Crippen LogP contribution < -0.4 is 15.4 Å². The highest BCUT2D eigenvalue weighted by atomic mass is 16.5. The van der Waals surface area contributed by atoms with Crippen molar-refractivity contribution >= 4 is 11.9 Å². The number of nitrogens with one attached hydrogen (secondary N) is 2. The van der Waals surface area contributed by atoms with Gasteiger partial charge in [0.2, 0.25) is 0 Å². The van der Waals surface area contributed by atoms with Gasteiger partial charge in [0.1, 0.15) is 5.75 Å². The first-order valence-corrected chi connectivity index (χ1v) is 10.6. The van der Waals surface area contributed by atoms with Gasteiger partial charge in [0, 0.05) is 32.7 Å². The minimum Gasteiger partial charge on any atom is -0.484 e. The number of aliphatic imine (C=N–C) groups is 1. The number of benzene rings is 1. The van der Waals surface area contributed by atoms with Crippen LogP contribution in [0.25, 0.3) is 0 Å². The van der Waals surface area contributed by atoms with Crippen molar-refractivity contribution in [3.05, 3.63) is 29.8 Å². The van der Waals surface area contributed by atoms with E-state index in [-0.39, 0.29) is 12.5 Å². The Bertz CT molecular complexity index is 708. The largest absolute Gasteiger partial charge is 0.484 e. The fraction of sp³-hybridized carbons (Fsp3) is 0.636. The molecule has 0 unspecified atom stereocenters. The third-order valence-electron chi connectivity index (χ3n) is 6.30. The van der Waals surface area contributed by atoms with Gasteiger partial charge in [0.25, 0.3) is 5.91 Å². The fourth-order valence-corrected chi connectivity index (χ4v) is 4.25. The lowest BCUT2D eigenvalue weighted by Crippen LogP contribution is -2.43. The van der Waals surface area contributed by atoms with E-state index < -0.39 is 0 Å². The van der Waals surface area contributed by atoms with Gasteiger partial charge < -0.3 is 20.3 Å². The maximum absolute atomic E-state index is 11.7. The second-order valence-electron chi connectivity index (χ2n) is 8.52. The highest BCUT2D eigenvalue weighted by molar-refractivity contribution is 5.80. The van der Waals surface area contributed by atoms with Crippen LogP contribution in [0.4, 0.5) is 0 Å². The predicted octanol–water partition coefficient (Wildman–Crippen LogP) is 2.34. The Labute approximate surface area is 167 Å². The van der Waals surface area contributed by atoms with Crippen molar-refractivity contribution in [3.63, 3.8) is 0 Å². The number of carbonyl (C=O) groups is 1. The summed E-state index contributed by atoms with van der Waals surface area (Å²) >= 11 is 0. The van der Waals surface area contributed by atoms with Crippen LogP contribution in [0.15, 0.2) is 29.3 Å². The van der Waals surface area contributed by atoms with Crippen LogP contribution in [-0.2, 0) is 11.2 Å². The lowest BCUT2D eigenvalue weighted by molar-refractivity contribution is -0.123. The normalized spacial score (nSPS) is 20.8.